The van der Waals surface area contributed by atoms with Gasteiger partial charge in [0.2, 0.25) is 0 Å². The zero-order chi connectivity index (χ0) is 17.8. The number of aryl methyl sites for hydroxylation is 1. The van der Waals surface area contributed by atoms with Crippen molar-refractivity contribution in [1.29, 1.82) is 0 Å². The first-order valence-electron chi connectivity index (χ1n) is 8.28. The average Bonchev–Trinajstić information content (AvgIpc) is 2.61. The molecule has 1 aliphatic heterocycles. The molecule has 3 rings (SSSR count). The molecule has 0 saturated carbocycles. The molecular formula is C18H23ClN4O2. The zero-order valence-electron chi connectivity index (χ0n) is 14.8. The van der Waals surface area contributed by atoms with E-state index >= 15 is 0 Å². The van der Waals surface area contributed by atoms with Crippen molar-refractivity contribution in [2.24, 2.45) is 0 Å². The second-order valence-corrected chi connectivity index (χ2v) is 6.42. The Labute approximate surface area is 153 Å². The maximum Gasteiger partial charge on any atom is 0.134 e. The van der Waals surface area contributed by atoms with E-state index in [1.54, 1.807) is 14.2 Å². The molecule has 0 atom stereocenters. The van der Waals surface area contributed by atoms with Crippen LogP contribution in [0.15, 0.2) is 24.3 Å². The third-order valence-corrected chi connectivity index (χ3v) is 4.56. The standard InChI is InChI=1S/C18H23ClN4O2/c1-13-20-17(19)11-18(21-13)23-8-6-22(7-9-23)12-14-10-15(24-2)4-5-16(14)25-3/h4-5,10-11H,6-9,12H2,1-3H3. The first-order chi connectivity index (χ1) is 12.1. The van der Waals surface area contributed by atoms with E-state index in [0.29, 0.717) is 11.0 Å². The minimum Gasteiger partial charge on any atom is -0.497 e. The molecule has 0 spiro atoms. The van der Waals surface area contributed by atoms with Crippen molar-refractivity contribution in [3.8, 4) is 11.5 Å². The summed E-state index contributed by atoms with van der Waals surface area (Å²) in [5.74, 6) is 3.34. The Kier molecular flexibility index (Phi) is 5.60. The maximum atomic E-state index is 6.05. The lowest BCUT2D eigenvalue weighted by Gasteiger charge is -2.35. The van der Waals surface area contributed by atoms with Gasteiger partial charge in [0.1, 0.15) is 28.3 Å². The summed E-state index contributed by atoms with van der Waals surface area (Å²) in [7, 11) is 3.38. The Balaban J connectivity index is 1.65. The molecule has 2 aromatic rings. The Morgan fingerprint density at radius 2 is 1.80 bits per heavy atom. The molecular weight excluding hydrogens is 340 g/mol. The van der Waals surface area contributed by atoms with Crippen LogP contribution in [0, 0.1) is 6.92 Å². The molecule has 2 heterocycles. The first kappa shape index (κ1) is 17.8. The second-order valence-electron chi connectivity index (χ2n) is 6.04. The predicted octanol–water partition coefficient (Wildman–Crippen LogP) is 2.78. The largest absolute Gasteiger partial charge is 0.497 e. The van der Waals surface area contributed by atoms with E-state index in [0.717, 1.165) is 55.6 Å². The lowest BCUT2D eigenvalue weighted by Crippen LogP contribution is -2.46. The van der Waals surface area contributed by atoms with Gasteiger partial charge < -0.3 is 14.4 Å². The van der Waals surface area contributed by atoms with Crippen LogP contribution in [0.1, 0.15) is 11.4 Å². The smallest absolute Gasteiger partial charge is 0.134 e. The fourth-order valence-corrected chi connectivity index (χ4v) is 3.28. The highest BCUT2D eigenvalue weighted by molar-refractivity contribution is 6.29. The van der Waals surface area contributed by atoms with Crippen LogP contribution in [0.25, 0.3) is 0 Å². The summed E-state index contributed by atoms with van der Waals surface area (Å²) < 4.78 is 10.8. The highest BCUT2D eigenvalue weighted by atomic mass is 35.5. The topological polar surface area (TPSA) is 50.7 Å². The van der Waals surface area contributed by atoms with E-state index in [1.165, 1.54) is 0 Å². The van der Waals surface area contributed by atoms with Crippen molar-refractivity contribution in [3.05, 3.63) is 40.8 Å². The number of rotatable bonds is 5. The summed E-state index contributed by atoms with van der Waals surface area (Å²) in [5.41, 5.74) is 1.14. The van der Waals surface area contributed by atoms with E-state index in [-0.39, 0.29) is 0 Å². The molecule has 1 aromatic carbocycles. The normalized spacial score (nSPS) is 15.3. The summed E-state index contributed by atoms with van der Waals surface area (Å²) in [5, 5.41) is 0.492. The van der Waals surface area contributed by atoms with Crippen molar-refractivity contribution >= 4 is 17.4 Å². The van der Waals surface area contributed by atoms with Crippen molar-refractivity contribution in [2.45, 2.75) is 13.5 Å². The van der Waals surface area contributed by atoms with E-state index in [9.17, 15) is 0 Å². The molecule has 0 bridgehead atoms. The lowest BCUT2D eigenvalue weighted by molar-refractivity contribution is 0.245. The molecule has 1 aromatic heterocycles. The number of ether oxygens (including phenoxy) is 2. The number of piperazine rings is 1. The van der Waals surface area contributed by atoms with Gasteiger partial charge >= 0.3 is 0 Å². The van der Waals surface area contributed by atoms with E-state index in [2.05, 4.69) is 19.8 Å². The Bertz CT molecular complexity index is 713. The Morgan fingerprint density at radius 1 is 1.04 bits per heavy atom. The third-order valence-electron chi connectivity index (χ3n) is 4.37. The molecule has 25 heavy (non-hydrogen) atoms. The summed E-state index contributed by atoms with van der Waals surface area (Å²) in [6.45, 7) is 6.39. The maximum absolute atomic E-state index is 6.05. The highest BCUT2D eigenvalue weighted by Crippen LogP contribution is 2.26. The van der Waals surface area contributed by atoms with Gasteiger partial charge in [-0.05, 0) is 25.1 Å². The number of halogens is 1. The molecule has 0 amide bonds. The number of nitrogens with zero attached hydrogens (tertiary/aromatic N) is 4. The Morgan fingerprint density at radius 3 is 2.44 bits per heavy atom. The van der Waals surface area contributed by atoms with E-state index < -0.39 is 0 Å². The van der Waals surface area contributed by atoms with Crippen molar-refractivity contribution in [2.75, 3.05) is 45.3 Å². The van der Waals surface area contributed by atoms with Crippen molar-refractivity contribution in [3.63, 3.8) is 0 Å². The minimum absolute atomic E-state index is 0.492. The number of aromatic nitrogens is 2. The number of hydrogen-bond acceptors (Lipinski definition) is 6. The fourth-order valence-electron chi connectivity index (χ4n) is 3.06. The second kappa shape index (κ2) is 7.89. The van der Waals surface area contributed by atoms with E-state index in [1.807, 2.05) is 31.2 Å². The summed E-state index contributed by atoms with van der Waals surface area (Å²) in [6, 6.07) is 7.74. The number of hydrogen-bond donors (Lipinski definition) is 0. The molecule has 0 radical (unpaired) electrons. The molecule has 6 nitrogen and oxygen atoms in total. The monoisotopic (exact) mass is 362 g/mol. The van der Waals surface area contributed by atoms with Gasteiger partial charge in [0, 0.05) is 44.4 Å². The summed E-state index contributed by atoms with van der Waals surface area (Å²) in [6.07, 6.45) is 0. The fraction of sp³-hybridized carbons (Fsp3) is 0.444. The predicted molar refractivity (Wildman–Crippen MR) is 98.8 cm³/mol. The van der Waals surface area contributed by atoms with Gasteiger partial charge in [0.25, 0.3) is 0 Å². The van der Waals surface area contributed by atoms with Crippen LogP contribution in [0.2, 0.25) is 5.15 Å². The van der Waals surface area contributed by atoms with Crippen LogP contribution in [0.4, 0.5) is 5.82 Å². The molecule has 1 saturated heterocycles. The molecule has 1 aliphatic rings. The van der Waals surface area contributed by atoms with Gasteiger partial charge in [0.05, 0.1) is 14.2 Å². The number of anilines is 1. The minimum atomic E-state index is 0.492. The average molecular weight is 363 g/mol. The van der Waals surface area contributed by atoms with Gasteiger partial charge in [-0.3, -0.25) is 4.90 Å². The van der Waals surface area contributed by atoms with E-state index in [4.69, 9.17) is 21.1 Å². The van der Waals surface area contributed by atoms with Gasteiger partial charge in [-0.15, -0.1) is 0 Å². The van der Waals surface area contributed by atoms with Crippen LogP contribution in [-0.4, -0.2) is 55.3 Å². The molecule has 1 fully saturated rings. The summed E-state index contributed by atoms with van der Waals surface area (Å²) in [4.78, 5) is 13.3. The van der Waals surface area contributed by atoms with Crippen LogP contribution in [-0.2, 0) is 6.54 Å². The van der Waals surface area contributed by atoms with Crippen LogP contribution in [0.5, 0.6) is 11.5 Å². The van der Waals surface area contributed by atoms with Crippen molar-refractivity contribution in [1.82, 2.24) is 14.9 Å². The third kappa shape index (κ3) is 4.32. The quantitative estimate of drug-likeness (QED) is 0.762. The summed E-state index contributed by atoms with van der Waals surface area (Å²) >= 11 is 6.05. The highest BCUT2D eigenvalue weighted by Gasteiger charge is 2.20. The van der Waals surface area contributed by atoms with Crippen molar-refractivity contribution < 1.29 is 9.47 Å². The first-order valence-corrected chi connectivity index (χ1v) is 8.66. The van der Waals surface area contributed by atoms with Crippen LogP contribution in [0.3, 0.4) is 0 Å². The van der Waals surface area contributed by atoms with Gasteiger partial charge in [-0.1, -0.05) is 11.6 Å². The molecule has 0 unspecified atom stereocenters. The van der Waals surface area contributed by atoms with Gasteiger partial charge in [0.15, 0.2) is 0 Å². The SMILES string of the molecule is COc1ccc(OC)c(CN2CCN(c3cc(Cl)nc(C)n3)CC2)c1. The van der Waals surface area contributed by atoms with Crippen LogP contribution < -0.4 is 14.4 Å². The number of benzene rings is 1. The Hall–Kier alpha value is -2.05. The van der Waals surface area contributed by atoms with Gasteiger partial charge in [-0.25, -0.2) is 9.97 Å². The van der Waals surface area contributed by atoms with Crippen LogP contribution >= 0.6 is 11.6 Å². The molecule has 0 aliphatic carbocycles. The molecule has 134 valence electrons. The molecule has 0 N–H and O–H groups in total. The lowest BCUT2D eigenvalue weighted by atomic mass is 10.1. The zero-order valence-corrected chi connectivity index (χ0v) is 15.6. The number of methoxy groups -OCH3 is 2. The van der Waals surface area contributed by atoms with Gasteiger partial charge in [-0.2, -0.15) is 0 Å². The molecule has 7 heteroatoms.